The largest absolute Gasteiger partial charge is 0.481 e. The van der Waals surface area contributed by atoms with Gasteiger partial charge in [0.25, 0.3) is 0 Å². The maximum Gasteiger partial charge on any atom is 0.308 e. The van der Waals surface area contributed by atoms with E-state index in [0.717, 1.165) is 19.3 Å². The Kier molecular flexibility index (Phi) is 3.06. The number of benzene rings is 1. The van der Waals surface area contributed by atoms with Crippen LogP contribution in [-0.2, 0) is 4.79 Å². The van der Waals surface area contributed by atoms with Crippen molar-refractivity contribution in [2.24, 2.45) is 11.8 Å². The van der Waals surface area contributed by atoms with E-state index in [9.17, 15) is 9.90 Å². The third-order valence-electron chi connectivity index (χ3n) is 4.26. The number of carboxylic acid groups (broad SMARTS) is 1. The third-order valence-corrected chi connectivity index (χ3v) is 4.26. The Balaban J connectivity index is 1.83. The highest BCUT2D eigenvalue weighted by Gasteiger charge is 2.45. The van der Waals surface area contributed by atoms with Crippen molar-refractivity contribution >= 4 is 5.97 Å². The molecule has 0 aromatic heterocycles. The molecule has 2 fully saturated rings. The Morgan fingerprint density at radius 3 is 2.67 bits per heavy atom. The van der Waals surface area contributed by atoms with Crippen molar-refractivity contribution in [2.75, 3.05) is 0 Å². The molecule has 4 unspecified atom stereocenters. The molecule has 4 atom stereocenters. The van der Waals surface area contributed by atoms with E-state index in [4.69, 9.17) is 0 Å². The molecule has 3 N–H and O–H groups in total. The van der Waals surface area contributed by atoms with Gasteiger partial charge in [-0.15, -0.1) is 0 Å². The van der Waals surface area contributed by atoms with Gasteiger partial charge in [-0.1, -0.05) is 36.8 Å². The highest BCUT2D eigenvalue weighted by molar-refractivity contribution is 5.71. The predicted octanol–water partition coefficient (Wildman–Crippen LogP) is 1.71. The minimum absolute atomic E-state index is 0.0569. The first-order valence-electron chi connectivity index (χ1n) is 6.56. The Hall–Kier alpha value is -1.39. The minimum atomic E-state index is -0.673. The molecule has 1 aliphatic heterocycles. The number of nitrogens with one attached hydrogen (secondary N) is 2. The lowest BCUT2D eigenvalue weighted by Crippen LogP contribution is -2.43. The molecule has 0 bridgehead atoms. The van der Waals surface area contributed by atoms with Crippen molar-refractivity contribution in [3.8, 4) is 0 Å². The van der Waals surface area contributed by atoms with Crippen molar-refractivity contribution in [1.29, 1.82) is 0 Å². The van der Waals surface area contributed by atoms with E-state index in [1.54, 1.807) is 0 Å². The van der Waals surface area contributed by atoms with Crippen LogP contribution in [0.1, 0.15) is 30.9 Å². The van der Waals surface area contributed by atoms with Crippen LogP contribution in [0.25, 0.3) is 0 Å². The van der Waals surface area contributed by atoms with Crippen LogP contribution in [0.3, 0.4) is 0 Å². The number of carboxylic acids is 1. The number of fused-ring (bicyclic) bond motifs is 1. The monoisotopic (exact) mass is 246 g/mol. The minimum Gasteiger partial charge on any atom is -0.481 e. The van der Waals surface area contributed by atoms with Gasteiger partial charge in [0.15, 0.2) is 0 Å². The fourth-order valence-corrected chi connectivity index (χ4v) is 3.37. The molecule has 4 nitrogen and oxygen atoms in total. The molecule has 4 heteroatoms. The molecule has 1 aromatic carbocycles. The lowest BCUT2D eigenvalue weighted by atomic mass is 9.74. The molecule has 3 rings (SSSR count). The lowest BCUT2D eigenvalue weighted by molar-refractivity contribution is -0.144. The first-order valence-corrected chi connectivity index (χ1v) is 6.56. The van der Waals surface area contributed by atoms with Crippen molar-refractivity contribution in [3.05, 3.63) is 35.9 Å². The summed E-state index contributed by atoms with van der Waals surface area (Å²) in [7, 11) is 0. The summed E-state index contributed by atoms with van der Waals surface area (Å²) in [4.78, 5) is 11.3. The fourth-order valence-electron chi connectivity index (χ4n) is 3.37. The molecule has 0 spiro atoms. The van der Waals surface area contributed by atoms with Crippen LogP contribution < -0.4 is 10.9 Å². The normalized spacial score (nSPS) is 35.1. The SMILES string of the molecule is O=C(O)C1CCCC2C(c3ccccc3)NNC12. The van der Waals surface area contributed by atoms with Crippen LogP contribution in [0, 0.1) is 11.8 Å². The maximum atomic E-state index is 11.3. The summed E-state index contributed by atoms with van der Waals surface area (Å²) >= 11 is 0. The molecule has 1 aromatic rings. The predicted molar refractivity (Wildman–Crippen MR) is 67.7 cm³/mol. The number of hydrogen-bond donors (Lipinski definition) is 3. The number of aliphatic carboxylic acids is 1. The smallest absolute Gasteiger partial charge is 0.308 e. The van der Waals surface area contributed by atoms with Gasteiger partial charge in [0.2, 0.25) is 0 Å². The second-order valence-electron chi connectivity index (χ2n) is 5.24. The zero-order valence-electron chi connectivity index (χ0n) is 10.2. The van der Waals surface area contributed by atoms with E-state index in [0.29, 0.717) is 5.92 Å². The molecule has 0 radical (unpaired) electrons. The standard InChI is InChI=1S/C14H18N2O2/c17-14(18)11-8-4-7-10-12(15-16-13(10)11)9-5-2-1-3-6-9/h1-3,5-6,10-13,15-16H,4,7-8H2,(H,17,18). The lowest BCUT2D eigenvalue weighted by Gasteiger charge is -2.32. The maximum absolute atomic E-state index is 11.3. The summed E-state index contributed by atoms with van der Waals surface area (Å²) in [5.41, 5.74) is 7.73. The zero-order chi connectivity index (χ0) is 12.5. The summed E-state index contributed by atoms with van der Waals surface area (Å²) in [6.07, 6.45) is 2.88. The van der Waals surface area contributed by atoms with Crippen molar-refractivity contribution in [3.63, 3.8) is 0 Å². The van der Waals surface area contributed by atoms with E-state index in [-0.39, 0.29) is 18.0 Å². The van der Waals surface area contributed by atoms with E-state index in [1.807, 2.05) is 18.2 Å². The zero-order valence-corrected chi connectivity index (χ0v) is 10.2. The summed E-state index contributed by atoms with van der Waals surface area (Å²) in [6, 6.07) is 10.6. The molecular weight excluding hydrogens is 228 g/mol. The fraction of sp³-hybridized carbons (Fsp3) is 0.500. The first kappa shape index (κ1) is 11.7. The van der Waals surface area contributed by atoms with Crippen LogP contribution in [0.2, 0.25) is 0 Å². The van der Waals surface area contributed by atoms with Gasteiger partial charge < -0.3 is 5.11 Å². The van der Waals surface area contributed by atoms with Gasteiger partial charge in [0.1, 0.15) is 0 Å². The Labute approximate surface area is 106 Å². The van der Waals surface area contributed by atoms with Gasteiger partial charge in [-0.05, 0) is 24.3 Å². The van der Waals surface area contributed by atoms with Gasteiger partial charge in [0, 0.05) is 6.04 Å². The molecule has 96 valence electrons. The molecule has 18 heavy (non-hydrogen) atoms. The van der Waals surface area contributed by atoms with E-state index < -0.39 is 5.97 Å². The van der Waals surface area contributed by atoms with Crippen molar-refractivity contribution in [1.82, 2.24) is 10.9 Å². The Morgan fingerprint density at radius 2 is 1.94 bits per heavy atom. The topological polar surface area (TPSA) is 61.4 Å². The molecule has 1 aliphatic carbocycles. The Bertz CT molecular complexity index is 435. The summed E-state index contributed by atoms with van der Waals surface area (Å²) in [5.74, 6) is -0.556. The average molecular weight is 246 g/mol. The number of rotatable bonds is 2. The van der Waals surface area contributed by atoms with Gasteiger partial charge in [-0.25, -0.2) is 5.43 Å². The number of hydrazine groups is 1. The number of carbonyl (C=O) groups is 1. The third kappa shape index (κ3) is 1.91. The van der Waals surface area contributed by atoms with E-state index >= 15 is 0 Å². The van der Waals surface area contributed by atoms with E-state index in [1.165, 1.54) is 5.56 Å². The summed E-state index contributed by atoms with van der Waals surface area (Å²) in [5, 5.41) is 9.27. The Morgan fingerprint density at radius 1 is 1.17 bits per heavy atom. The second kappa shape index (κ2) is 4.71. The summed E-state index contributed by atoms with van der Waals surface area (Å²) in [6.45, 7) is 0. The van der Waals surface area contributed by atoms with Crippen molar-refractivity contribution < 1.29 is 9.90 Å². The second-order valence-corrected chi connectivity index (χ2v) is 5.24. The van der Waals surface area contributed by atoms with Crippen LogP contribution in [-0.4, -0.2) is 17.1 Å². The van der Waals surface area contributed by atoms with Crippen LogP contribution in [0.5, 0.6) is 0 Å². The molecule has 0 amide bonds. The van der Waals surface area contributed by atoms with Crippen LogP contribution >= 0.6 is 0 Å². The van der Waals surface area contributed by atoms with Crippen molar-refractivity contribution in [2.45, 2.75) is 31.3 Å². The van der Waals surface area contributed by atoms with Gasteiger partial charge in [-0.3, -0.25) is 10.2 Å². The number of hydrogen-bond acceptors (Lipinski definition) is 3. The molecule has 1 saturated heterocycles. The van der Waals surface area contributed by atoms with Gasteiger partial charge in [-0.2, -0.15) is 0 Å². The molecule has 1 heterocycles. The van der Waals surface area contributed by atoms with Crippen LogP contribution in [0.4, 0.5) is 0 Å². The average Bonchev–Trinajstić information content (AvgIpc) is 2.83. The quantitative estimate of drug-likeness (QED) is 0.743. The first-order chi connectivity index (χ1) is 8.77. The highest BCUT2D eigenvalue weighted by atomic mass is 16.4. The molecular formula is C14H18N2O2. The van der Waals surface area contributed by atoms with Gasteiger partial charge in [0.05, 0.1) is 12.0 Å². The van der Waals surface area contributed by atoms with Gasteiger partial charge >= 0.3 is 5.97 Å². The van der Waals surface area contributed by atoms with E-state index in [2.05, 4.69) is 23.0 Å². The highest BCUT2D eigenvalue weighted by Crippen LogP contribution is 2.40. The summed E-state index contributed by atoms with van der Waals surface area (Å²) < 4.78 is 0. The van der Waals surface area contributed by atoms with Crippen LogP contribution in [0.15, 0.2) is 30.3 Å². The molecule has 1 saturated carbocycles. The molecule has 2 aliphatic rings.